The fraction of sp³-hybridized carbons (Fsp3) is 0.176. The normalized spacial score (nSPS) is 16.8. The molecule has 26 heavy (non-hydrogen) atoms. The molecule has 0 saturated carbocycles. The minimum absolute atomic E-state index is 0.191. The zero-order valence-electron chi connectivity index (χ0n) is 14.2. The monoisotopic (exact) mass is 375 g/mol. The molecule has 0 bridgehead atoms. The van der Waals surface area contributed by atoms with Gasteiger partial charge in [-0.15, -0.1) is 5.10 Å². The molecule has 1 aliphatic heterocycles. The third-order valence-corrected chi connectivity index (χ3v) is 3.90. The van der Waals surface area contributed by atoms with Gasteiger partial charge >= 0.3 is 5.97 Å². The van der Waals surface area contributed by atoms with E-state index in [0.29, 0.717) is 18.1 Å². The molecule has 2 rings (SSSR count). The first-order valence-electron chi connectivity index (χ1n) is 7.39. The van der Waals surface area contributed by atoms with Crippen molar-refractivity contribution < 1.29 is 23.8 Å². The summed E-state index contributed by atoms with van der Waals surface area (Å²) in [5, 5.41) is 10.6. The summed E-state index contributed by atoms with van der Waals surface area (Å²) in [6.45, 7) is 3.97. The van der Waals surface area contributed by atoms with E-state index in [1.54, 1.807) is 24.3 Å². The molecule has 1 fully saturated rings. The molecule has 1 aromatic rings. The summed E-state index contributed by atoms with van der Waals surface area (Å²) in [6, 6.07) is 5.28. The van der Waals surface area contributed by atoms with Crippen LogP contribution < -0.4 is 14.8 Å². The van der Waals surface area contributed by atoms with Gasteiger partial charge in [-0.2, -0.15) is 5.10 Å². The van der Waals surface area contributed by atoms with E-state index >= 15 is 0 Å². The maximum Gasteiger partial charge on any atom is 0.331 e. The predicted octanol–water partition coefficient (Wildman–Crippen LogP) is 1.87. The third-order valence-electron chi connectivity index (χ3n) is 3.00. The lowest BCUT2D eigenvalue weighted by molar-refractivity contribution is -0.135. The lowest BCUT2D eigenvalue weighted by atomic mass is 10.2. The Morgan fingerprint density at radius 2 is 2.15 bits per heavy atom. The first kappa shape index (κ1) is 19.3. The number of nitrogens with one attached hydrogen (secondary N) is 1. The Labute approximate surface area is 154 Å². The maximum atomic E-state index is 11.7. The van der Waals surface area contributed by atoms with Crippen molar-refractivity contribution in [3.8, 4) is 11.5 Å². The number of esters is 1. The van der Waals surface area contributed by atoms with E-state index in [-0.39, 0.29) is 10.1 Å². The van der Waals surface area contributed by atoms with Crippen LogP contribution in [-0.4, -0.2) is 44.1 Å². The molecule has 0 atom stereocenters. The number of hydrogen-bond donors (Lipinski definition) is 1. The Kier molecular flexibility index (Phi) is 6.98. The summed E-state index contributed by atoms with van der Waals surface area (Å²) in [5.74, 6) is 0.0976. The molecule has 1 N–H and O–H groups in total. The number of hydrogen-bond acceptors (Lipinski definition) is 8. The number of methoxy groups -OCH3 is 2. The van der Waals surface area contributed by atoms with E-state index < -0.39 is 11.9 Å². The van der Waals surface area contributed by atoms with Gasteiger partial charge in [0.25, 0.3) is 5.91 Å². The van der Waals surface area contributed by atoms with Crippen LogP contribution >= 0.6 is 11.8 Å². The van der Waals surface area contributed by atoms with Crippen molar-refractivity contribution in [3.63, 3.8) is 0 Å². The molecule has 1 saturated heterocycles. The van der Waals surface area contributed by atoms with Crippen LogP contribution in [0.2, 0.25) is 0 Å². The Morgan fingerprint density at radius 3 is 2.85 bits per heavy atom. The highest BCUT2D eigenvalue weighted by Crippen LogP contribution is 2.27. The second-order valence-corrected chi connectivity index (χ2v) is 5.78. The number of amides is 1. The van der Waals surface area contributed by atoms with Gasteiger partial charge in [0, 0.05) is 6.08 Å². The van der Waals surface area contributed by atoms with Crippen LogP contribution in [0.5, 0.6) is 11.5 Å². The summed E-state index contributed by atoms with van der Waals surface area (Å²) in [4.78, 5) is 23.1. The zero-order valence-corrected chi connectivity index (χ0v) is 15.0. The van der Waals surface area contributed by atoms with Gasteiger partial charge in [-0.05, 0) is 35.5 Å². The highest BCUT2D eigenvalue weighted by Gasteiger charge is 2.24. The molecule has 136 valence electrons. The van der Waals surface area contributed by atoms with Crippen molar-refractivity contribution >= 4 is 35.0 Å². The summed E-state index contributed by atoms with van der Waals surface area (Å²) in [7, 11) is 2.77. The van der Waals surface area contributed by atoms with Crippen molar-refractivity contribution in [2.24, 2.45) is 10.2 Å². The first-order chi connectivity index (χ1) is 12.6. The topological polar surface area (TPSA) is 98.6 Å². The van der Waals surface area contributed by atoms with Gasteiger partial charge in [-0.25, -0.2) is 4.79 Å². The predicted molar refractivity (Wildman–Crippen MR) is 99.5 cm³/mol. The summed E-state index contributed by atoms with van der Waals surface area (Å²) >= 11 is 0.999. The minimum atomic E-state index is -0.613. The van der Waals surface area contributed by atoms with Crippen LogP contribution in [0, 0.1) is 0 Å². The maximum absolute atomic E-state index is 11.7. The molecular weight excluding hydrogens is 358 g/mol. The molecule has 1 heterocycles. The van der Waals surface area contributed by atoms with Crippen LogP contribution in [0.1, 0.15) is 5.56 Å². The Balaban J connectivity index is 2.07. The smallest absolute Gasteiger partial charge is 0.331 e. The fourth-order valence-electron chi connectivity index (χ4n) is 1.82. The molecule has 0 aliphatic carbocycles. The second kappa shape index (κ2) is 9.42. The highest BCUT2D eigenvalue weighted by atomic mass is 32.2. The van der Waals surface area contributed by atoms with Crippen molar-refractivity contribution in [2.45, 2.75) is 0 Å². The van der Waals surface area contributed by atoms with E-state index in [9.17, 15) is 9.59 Å². The number of carbonyl (C=O) groups excluding carboxylic acids is 2. The van der Waals surface area contributed by atoms with Crippen molar-refractivity contribution in [1.82, 2.24) is 5.32 Å². The molecule has 0 radical (unpaired) electrons. The number of benzene rings is 1. The van der Waals surface area contributed by atoms with Gasteiger partial charge in [-0.3, -0.25) is 10.1 Å². The molecule has 1 amide bonds. The largest absolute Gasteiger partial charge is 0.493 e. The number of thioether (sulfide) groups is 1. The van der Waals surface area contributed by atoms with E-state index in [1.165, 1.54) is 20.4 Å². The Bertz CT molecular complexity index is 802. The van der Waals surface area contributed by atoms with Crippen LogP contribution in [0.15, 0.2) is 52.0 Å². The number of ether oxygens (including phenoxy) is 3. The van der Waals surface area contributed by atoms with Crippen LogP contribution in [0.25, 0.3) is 0 Å². The standard InChI is InChI=1S/C17H17N3O5S/c1-4-7-25-12-6-5-11(8-13(12)23-2)10-18-20-17-19-16(22)14(26-17)9-15(21)24-3/h4-6,8-10H,1,7H2,2-3H3,(H,19,20,22)/b14-9+,18-10?. The summed E-state index contributed by atoms with van der Waals surface area (Å²) in [6.07, 6.45) is 4.24. The van der Waals surface area contributed by atoms with Crippen molar-refractivity contribution in [2.75, 3.05) is 20.8 Å². The first-order valence-corrected chi connectivity index (χ1v) is 8.20. The van der Waals surface area contributed by atoms with Crippen molar-refractivity contribution in [3.05, 3.63) is 47.4 Å². The van der Waals surface area contributed by atoms with Gasteiger partial charge in [0.05, 0.1) is 25.3 Å². The minimum Gasteiger partial charge on any atom is -0.493 e. The summed E-state index contributed by atoms with van der Waals surface area (Å²) < 4.78 is 15.2. The third kappa shape index (κ3) is 5.21. The van der Waals surface area contributed by atoms with E-state index in [0.717, 1.165) is 23.4 Å². The van der Waals surface area contributed by atoms with Gasteiger partial charge in [-0.1, -0.05) is 12.7 Å². The lowest BCUT2D eigenvalue weighted by Gasteiger charge is -2.09. The lowest BCUT2D eigenvalue weighted by Crippen LogP contribution is -2.19. The van der Waals surface area contributed by atoms with Crippen LogP contribution in [-0.2, 0) is 14.3 Å². The molecule has 0 aromatic heterocycles. The Hall–Kier alpha value is -3.07. The molecule has 0 unspecified atom stereocenters. The van der Waals surface area contributed by atoms with Gasteiger partial charge in [0.1, 0.15) is 6.61 Å². The molecular formula is C17H17N3O5S. The Morgan fingerprint density at radius 1 is 1.35 bits per heavy atom. The van der Waals surface area contributed by atoms with Crippen LogP contribution in [0.4, 0.5) is 0 Å². The average Bonchev–Trinajstić information content (AvgIpc) is 2.99. The van der Waals surface area contributed by atoms with Gasteiger partial charge in [0.2, 0.25) is 0 Å². The van der Waals surface area contributed by atoms with E-state index in [1.807, 2.05) is 0 Å². The van der Waals surface area contributed by atoms with E-state index in [4.69, 9.17) is 9.47 Å². The number of nitrogens with zero attached hydrogens (tertiary/aromatic N) is 2. The quantitative estimate of drug-likeness (QED) is 0.257. The molecule has 1 aliphatic rings. The van der Waals surface area contributed by atoms with Crippen LogP contribution in [0.3, 0.4) is 0 Å². The number of rotatable bonds is 7. The number of carbonyl (C=O) groups is 2. The molecule has 8 nitrogen and oxygen atoms in total. The van der Waals surface area contributed by atoms with E-state index in [2.05, 4.69) is 26.8 Å². The highest BCUT2D eigenvalue weighted by molar-refractivity contribution is 8.18. The molecule has 9 heteroatoms. The van der Waals surface area contributed by atoms with Gasteiger partial charge < -0.3 is 14.2 Å². The summed E-state index contributed by atoms with van der Waals surface area (Å²) in [5.41, 5.74) is 0.733. The number of amidine groups is 1. The zero-order chi connectivity index (χ0) is 18.9. The fourth-order valence-corrected chi connectivity index (χ4v) is 2.56. The SMILES string of the molecule is C=CCOc1ccc(C=N/N=C2/NC(=O)/C(=C\C(=O)OC)S2)cc1OC. The second-order valence-electron chi connectivity index (χ2n) is 4.75. The van der Waals surface area contributed by atoms with Gasteiger partial charge in [0.15, 0.2) is 16.7 Å². The molecule has 1 aromatic carbocycles. The van der Waals surface area contributed by atoms with Crippen molar-refractivity contribution in [1.29, 1.82) is 0 Å². The molecule has 0 spiro atoms. The average molecular weight is 375 g/mol.